The van der Waals surface area contributed by atoms with Gasteiger partial charge in [0.1, 0.15) is 11.8 Å². The molecule has 1 heterocycles. The van der Waals surface area contributed by atoms with Gasteiger partial charge >= 0.3 is 0 Å². The highest BCUT2D eigenvalue weighted by atomic mass is 16.5. The monoisotopic (exact) mass is 423 g/mol. The van der Waals surface area contributed by atoms with E-state index in [4.69, 9.17) is 4.74 Å². The molecular formula is C23H25N3O5. The van der Waals surface area contributed by atoms with Crippen molar-refractivity contribution in [2.24, 2.45) is 5.92 Å². The minimum absolute atomic E-state index is 0.220. The third-order valence-electron chi connectivity index (χ3n) is 5.29. The van der Waals surface area contributed by atoms with E-state index in [1.165, 1.54) is 7.11 Å². The summed E-state index contributed by atoms with van der Waals surface area (Å²) in [4.78, 5) is 52.6. The summed E-state index contributed by atoms with van der Waals surface area (Å²) in [5.41, 5.74) is 3.28. The first-order valence-electron chi connectivity index (χ1n) is 10.1. The molecule has 2 atom stereocenters. The fraction of sp³-hybridized carbons (Fsp3) is 0.304. The molecule has 1 aliphatic rings. The van der Waals surface area contributed by atoms with Crippen LogP contribution < -0.4 is 15.1 Å². The van der Waals surface area contributed by atoms with Crippen molar-refractivity contribution in [2.45, 2.75) is 32.7 Å². The zero-order valence-electron chi connectivity index (χ0n) is 17.7. The van der Waals surface area contributed by atoms with Crippen LogP contribution in [-0.2, 0) is 14.4 Å². The van der Waals surface area contributed by atoms with Crippen LogP contribution in [-0.4, -0.2) is 41.8 Å². The van der Waals surface area contributed by atoms with Crippen LogP contribution >= 0.6 is 0 Å². The maximum absolute atomic E-state index is 13.2. The Labute approximate surface area is 180 Å². The number of nitrogens with one attached hydrogen (secondary N) is 1. The zero-order chi connectivity index (χ0) is 22.5. The molecule has 1 fully saturated rings. The SMILES string of the molecule is CCC(C)C(=O)N(NC(=O)c1ccccc1)C1CC(=O)N(c2ccc(OC)cc2)C1=O. The molecule has 0 aromatic heterocycles. The molecule has 2 unspecified atom stereocenters. The van der Waals surface area contributed by atoms with Crippen LogP contribution in [0.1, 0.15) is 37.0 Å². The molecule has 162 valence electrons. The molecule has 8 heteroatoms. The Kier molecular flexibility index (Phi) is 6.69. The highest BCUT2D eigenvalue weighted by molar-refractivity contribution is 6.23. The first kappa shape index (κ1) is 22.0. The predicted octanol–water partition coefficient (Wildman–Crippen LogP) is 2.55. The van der Waals surface area contributed by atoms with E-state index in [1.54, 1.807) is 61.5 Å². The van der Waals surface area contributed by atoms with Crippen molar-refractivity contribution in [3.8, 4) is 5.75 Å². The van der Waals surface area contributed by atoms with Crippen LogP contribution in [0.15, 0.2) is 54.6 Å². The van der Waals surface area contributed by atoms with Crippen LogP contribution in [0.5, 0.6) is 5.75 Å². The molecular weight excluding hydrogens is 398 g/mol. The third kappa shape index (κ3) is 4.58. The lowest BCUT2D eigenvalue weighted by Crippen LogP contribution is -2.56. The number of imide groups is 1. The minimum atomic E-state index is -1.12. The van der Waals surface area contributed by atoms with Crippen molar-refractivity contribution in [3.63, 3.8) is 0 Å². The smallest absolute Gasteiger partial charge is 0.269 e. The summed E-state index contributed by atoms with van der Waals surface area (Å²) in [6.45, 7) is 3.55. The fourth-order valence-corrected chi connectivity index (χ4v) is 3.28. The molecule has 1 aliphatic heterocycles. The number of amides is 4. The Balaban J connectivity index is 1.89. The molecule has 4 amide bonds. The molecule has 8 nitrogen and oxygen atoms in total. The predicted molar refractivity (Wildman–Crippen MR) is 114 cm³/mol. The van der Waals surface area contributed by atoms with Crippen molar-refractivity contribution >= 4 is 29.3 Å². The van der Waals surface area contributed by atoms with E-state index < -0.39 is 35.6 Å². The molecule has 3 rings (SSSR count). The van der Waals surface area contributed by atoms with Crippen LogP contribution in [0.25, 0.3) is 0 Å². The van der Waals surface area contributed by atoms with E-state index >= 15 is 0 Å². The Morgan fingerprint density at radius 2 is 1.77 bits per heavy atom. The number of hydrazine groups is 1. The van der Waals surface area contributed by atoms with E-state index in [0.29, 0.717) is 23.4 Å². The average molecular weight is 423 g/mol. The van der Waals surface area contributed by atoms with Crippen molar-refractivity contribution < 1.29 is 23.9 Å². The molecule has 0 bridgehead atoms. The molecule has 1 saturated heterocycles. The number of carbonyl (C=O) groups excluding carboxylic acids is 4. The summed E-state index contributed by atoms with van der Waals surface area (Å²) in [7, 11) is 1.52. The molecule has 0 aliphatic carbocycles. The molecule has 0 radical (unpaired) electrons. The average Bonchev–Trinajstić information content (AvgIpc) is 3.10. The Morgan fingerprint density at radius 1 is 1.13 bits per heavy atom. The molecule has 2 aromatic rings. The highest BCUT2D eigenvalue weighted by Gasteiger charge is 2.45. The first-order chi connectivity index (χ1) is 14.9. The van der Waals surface area contributed by atoms with Gasteiger partial charge in [-0.1, -0.05) is 32.0 Å². The summed E-state index contributed by atoms with van der Waals surface area (Å²) < 4.78 is 5.11. The van der Waals surface area contributed by atoms with Crippen molar-refractivity contribution in [3.05, 3.63) is 60.2 Å². The summed E-state index contributed by atoms with van der Waals surface area (Å²) in [5, 5.41) is 1.02. The van der Waals surface area contributed by atoms with Gasteiger partial charge in [0.25, 0.3) is 11.8 Å². The number of anilines is 1. The van der Waals surface area contributed by atoms with E-state index in [9.17, 15) is 19.2 Å². The van der Waals surface area contributed by atoms with Gasteiger partial charge < -0.3 is 4.74 Å². The molecule has 2 aromatic carbocycles. The number of ether oxygens (including phenoxy) is 1. The number of carbonyl (C=O) groups is 4. The van der Waals surface area contributed by atoms with Gasteiger partial charge in [0.15, 0.2) is 0 Å². The molecule has 1 N–H and O–H groups in total. The largest absolute Gasteiger partial charge is 0.497 e. The van der Waals surface area contributed by atoms with E-state index in [-0.39, 0.29) is 6.42 Å². The third-order valence-corrected chi connectivity index (χ3v) is 5.29. The van der Waals surface area contributed by atoms with Crippen LogP contribution in [0, 0.1) is 5.92 Å². The van der Waals surface area contributed by atoms with Crippen molar-refractivity contribution in [2.75, 3.05) is 12.0 Å². The number of methoxy groups -OCH3 is 1. The fourth-order valence-electron chi connectivity index (χ4n) is 3.28. The van der Waals surface area contributed by atoms with Crippen LogP contribution in [0.3, 0.4) is 0 Å². The maximum Gasteiger partial charge on any atom is 0.269 e. The Bertz CT molecular complexity index is 974. The summed E-state index contributed by atoms with van der Waals surface area (Å²) in [6, 6.07) is 13.7. The second-order valence-corrected chi connectivity index (χ2v) is 7.31. The lowest BCUT2D eigenvalue weighted by molar-refractivity contribution is -0.144. The van der Waals surface area contributed by atoms with Gasteiger partial charge in [0, 0.05) is 11.5 Å². The quantitative estimate of drug-likeness (QED) is 0.569. The Hall–Kier alpha value is -3.68. The van der Waals surface area contributed by atoms with Crippen molar-refractivity contribution in [1.82, 2.24) is 10.4 Å². The van der Waals surface area contributed by atoms with Gasteiger partial charge in [0.05, 0.1) is 19.2 Å². The second kappa shape index (κ2) is 9.42. The number of hydrogen-bond donors (Lipinski definition) is 1. The van der Waals surface area contributed by atoms with Gasteiger partial charge in [0.2, 0.25) is 11.8 Å². The number of nitrogens with zero attached hydrogens (tertiary/aromatic N) is 2. The topological polar surface area (TPSA) is 96.0 Å². The van der Waals surface area contributed by atoms with Crippen molar-refractivity contribution in [1.29, 1.82) is 0 Å². The van der Waals surface area contributed by atoms with Gasteiger partial charge in [-0.3, -0.25) is 24.6 Å². The minimum Gasteiger partial charge on any atom is -0.497 e. The maximum atomic E-state index is 13.2. The highest BCUT2D eigenvalue weighted by Crippen LogP contribution is 2.27. The summed E-state index contributed by atoms with van der Waals surface area (Å²) in [6.07, 6.45) is 0.301. The zero-order valence-corrected chi connectivity index (χ0v) is 17.7. The molecule has 0 saturated carbocycles. The van der Waals surface area contributed by atoms with E-state index in [0.717, 1.165) is 9.91 Å². The van der Waals surface area contributed by atoms with Crippen LogP contribution in [0.2, 0.25) is 0 Å². The molecule has 31 heavy (non-hydrogen) atoms. The van der Waals surface area contributed by atoms with Gasteiger partial charge in [-0.05, 0) is 42.8 Å². The van der Waals surface area contributed by atoms with Gasteiger partial charge in [-0.2, -0.15) is 0 Å². The van der Waals surface area contributed by atoms with Crippen LogP contribution in [0.4, 0.5) is 5.69 Å². The number of rotatable bonds is 6. The first-order valence-corrected chi connectivity index (χ1v) is 10.1. The van der Waals surface area contributed by atoms with Gasteiger partial charge in [-0.25, -0.2) is 9.91 Å². The normalized spacial score (nSPS) is 16.7. The second-order valence-electron chi connectivity index (χ2n) is 7.31. The lowest BCUT2D eigenvalue weighted by atomic mass is 10.1. The Morgan fingerprint density at radius 3 is 2.35 bits per heavy atom. The lowest BCUT2D eigenvalue weighted by Gasteiger charge is -2.30. The summed E-state index contributed by atoms with van der Waals surface area (Å²) >= 11 is 0. The van der Waals surface area contributed by atoms with E-state index in [2.05, 4.69) is 5.43 Å². The standard InChI is InChI=1S/C23H25N3O5/c1-4-15(2)22(29)26(24-21(28)16-8-6-5-7-9-16)19-14-20(27)25(23(19)30)17-10-12-18(31-3)13-11-17/h5-13,15,19H,4,14H2,1-3H3,(H,24,28). The summed E-state index contributed by atoms with van der Waals surface area (Å²) in [5.74, 6) is -1.82. The number of hydrogen-bond acceptors (Lipinski definition) is 5. The van der Waals surface area contributed by atoms with E-state index in [1.807, 2.05) is 6.92 Å². The number of benzene rings is 2. The van der Waals surface area contributed by atoms with Gasteiger partial charge in [-0.15, -0.1) is 0 Å². The molecule has 0 spiro atoms.